The SMILES string of the molecule is Cn1c(N2CC(CO)C2)nc2ccccc21. The molecule has 0 radical (unpaired) electrons. The molecular formula is C12H15N3O. The van der Waals surface area contributed by atoms with Crippen LogP contribution in [0, 0.1) is 5.92 Å². The number of anilines is 1. The lowest BCUT2D eigenvalue weighted by atomic mass is 10.0. The highest BCUT2D eigenvalue weighted by Crippen LogP contribution is 2.26. The maximum Gasteiger partial charge on any atom is 0.206 e. The molecule has 1 aliphatic rings. The van der Waals surface area contributed by atoms with Crippen molar-refractivity contribution in [3.05, 3.63) is 24.3 Å². The van der Waals surface area contributed by atoms with Crippen LogP contribution in [-0.4, -0.2) is 34.4 Å². The van der Waals surface area contributed by atoms with Crippen molar-refractivity contribution in [1.82, 2.24) is 9.55 Å². The van der Waals surface area contributed by atoms with Crippen LogP contribution in [0.5, 0.6) is 0 Å². The van der Waals surface area contributed by atoms with Crippen LogP contribution < -0.4 is 4.90 Å². The third-order valence-electron chi connectivity index (χ3n) is 3.26. The minimum atomic E-state index is 0.278. The largest absolute Gasteiger partial charge is 0.396 e. The lowest BCUT2D eigenvalue weighted by Gasteiger charge is -2.38. The molecule has 4 nitrogen and oxygen atoms in total. The molecule has 1 N–H and O–H groups in total. The van der Waals surface area contributed by atoms with Gasteiger partial charge in [-0.25, -0.2) is 4.98 Å². The maximum absolute atomic E-state index is 9.01. The van der Waals surface area contributed by atoms with Crippen LogP contribution in [0.2, 0.25) is 0 Å². The molecule has 0 bridgehead atoms. The van der Waals surface area contributed by atoms with E-state index in [0.29, 0.717) is 5.92 Å². The molecule has 1 fully saturated rings. The molecule has 2 aromatic rings. The van der Waals surface area contributed by atoms with Gasteiger partial charge in [-0.2, -0.15) is 0 Å². The molecule has 0 unspecified atom stereocenters. The molecule has 1 saturated heterocycles. The Kier molecular flexibility index (Phi) is 2.11. The second-order valence-corrected chi connectivity index (χ2v) is 4.41. The van der Waals surface area contributed by atoms with Crippen LogP contribution in [0.3, 0.4) is 0 Å². The Hall–Kier alpha value is -1.55. The molecule has 0 saturated carbocycles. The summed E-state index contributed by atoms with van der Waals surface area (Å²) in [6.45, 7) is 2.10. The van der Waals surface area contributed by atoms with Gasteiger partial charge in [0, 0.05) is 32.7 Å². The number of aryl methyl sites for hydroxylation is 1. The molecule has 2 heterocycles. The number of aliphatic hydroxyl groups excluding tert-OH is 1. The van der Waals surface area contributed by atoms with E-state index in [4.69, 9.17) is 5.11 Å². The zero-order chi connectivity index (χ0) is 11.1. The third kappa shape index (κ3) is 1.30. The number of imidazole rings is 1. The van der Waals surface area contributed by atoms with E-state index >= 15 is 0 Å². The van der Waals surface area contributed by atoms with Crippen molar-refractivity contribution in [2.24, 2.45) is 13.0 Å². The van der Waals surface area contributed by atoms with Gasteiger partial charge in [0.05, 0.1) is 11.0 Å². The quantitative estimate of drug-likeness (QED) is 0.816. The van der Waals surface area contributed by atoms with Crippen molar-refractivity contribution < 1.29 is 5.11 Å². The Morgan fingerprint density at radius 1 is 1.38 bits per heavy atom. The lowest BCUT2D eigenvalue weighted by Crippen LogP contribution is -2.49. The van der Waals surface area contributed by atoms with Crippen LogP contribution in [0.4, 0.5) is 5.95 Å². The third-order valence-corrected chi connectivity index (χ3v) is 3.26. The van der Waals surface area contributed by atoms with Crippen LogP contribution in [0.25, 0.3) is 11.0 Å². The first-order valence-corrected chi connectivity index (χ1v) is 5.57. The average molecular weight is 217 g/mol. The van der Waals surface area contributed by atoms with Gasteiger partial charge in [-0.3, -0.25) is 0 Å². The fourth-order valence-electron chi connectivity index (χ4n) is 2.26. The van der Waals surface area contributed by atoms with Gasteiger partial charge in [0.15, 0.2) is 0 Å². The van der Waals surface area contributed by atoms with Gasteiger partial charge in [-0.05, 0) is 12.1 Å². The Morgan fingerprint density at radius 3 is 2.81 bits per heavy atom. The van der Waals surface area contributed by atoms with E-state index in [1.165, 1.54) is 0 Å². The Balaban J connectivity index is 1.96. The summed E-state index contributed by atoms with van der Waals surface area (Å²) in [4.78, 5) is 6.82. The molecule has 0 aliphatic carbocycles. The van der Waals surface area contributed by atoms with Gasteiger partial charge < -0.3 is 14.6 Å². The van der Waals surface area contributed by atoms with Gasteiger partial charge in [0.2, 0.25) is 5.95 Å². The van der Waals surface area contributed by atoms with E-state index in [1.54, 1.807) is 0 Å². The summed E-state index contributed by atoms with van der Waals surface area (Å²) >= 11 is 0. The number of hydrogen-bond donors (Lipinski definition) is 1. The average Bonchev–Trinajstić information content (AvgIpc) is 2.56. The van der Waals surface area contributed by atoms with Crippen LogP contribution in [0.1, 0.15) is 0 Å². The summed E-state index contributed by atoms with van der Waals surface area (Å²) in [5.74, 6) is 1.42. The predicted octanol–water partition coefficient (Wildman–Crippen LogP) is 1.00. The molecule has 1 aromatic heterocycles. The molecule has 3 rings (SSSR count). The first kappa shape index (κ1) is 9.66. The molecule has 4 heteroatoms. The summed E-state index contributed by atoms with van der Waals surface area (Å²) < 4.78 is 2.11. The summed E-state index contributed by atoms with van der Waals surface area (Å²) in [5, 5.41) is 9.01. The van der Waals surface area contributed by atoms with E-state index in [9.17, 15) is 0 Å². The zero-order valence-electron chi connectivity index (χ0n) is 9.30. The highest BCUT2D eigenvalue weighted by molar-refractivity contribution is 5.78. The predicted molar refractivity (Wildman–Crippen MR) is 63.5 cm³/mol. The monoisotopic (exact) mass is 217 g/mol. The summed E-state index contributed by atoms with van der Waals surface area (Å²) in [5.41, 5.74) is 2.19. The van der Waals surface area contributed by atoms with Gasteiger partial charge in [-0.15, -0.1) is 0 Å². The van der Waals surface area contributed by atoms with Gasteiger partial charge in [-0.1, -0.05) is 12.1 Å². The fourth-order valence-corrected chi connectivity index (χ4v) is 2.26. The standard InChI is InChI=1S/C12H15N3O/c1-14-11-5-3-2-4-10(11)13-12(14)15-6-9(7-15)8-16/h2-5,9,16H,6-8H2,1H3. The van der Waals surface area contributed by atoms with Crippen molar-refractivity contribution in [1.29, 1.82) is 0 Å². The summed E-state index contributed by atoms with van der Waals surface area (Å²) in [7, 11) is 2.04. The van der Waals surface area contributed by atoms with Gasteiger partial charge >= 0.3 is 0 Å². The zero-order valence-corrected chi connectivity index (χ0v) is 9.30. The second-order valence-electron chi connectivity index (χ2n) is 4.41. The van der Waals surface area contributed by atoms with E-state index < -0.39 is 0 Å². The number of aliphatic hydroxyl groups is 1. The smallest absolute Gasteiger partial charge is 0.206 e. The van der Waals surface area contributed by atoms with Crippen molar-refractivity contribution in [2.45, 2.75) is 0 Å². The number of nitrogens with zero attached hydrogens (tertiary/aromatic N) is 3. The molecule has 0 atom stereocenters. The highest BCUT2D eigenvalue weighted by Gasteiger charge is 2.29. The number of para-hydroxylation sites is 2. The van der Waals surface area contributed by atoms with E-state index in [2.05, 4.69) is 20.5 Å². The topological polar surface area (TPSA) is 41.3 Å². The molecule has 1 aromatic carbocycles. The first-order valence-electron chi connectivity index (χ1n) is 5.57. The van der Waals surface area contributed by atoms with Crippen LogP contribution in [-0.2, 0) is 7.05 Å². The van der Waals surface area contributed by atoms with E-state index in [-0.39, 0.29) is 6.61 Å². The molecule has 84 valence electrons. The van der Waals surface area contributed by atoms with E-state index in [0.717, 1.165) is 30.1 Å². The van der Waals surface area contributed by atoms with E-state index in [1.807, 2.05) is 25.2 Å². The molecule has 0 amide bonds. The fraction of sp³-hybridized carbons (Fsp3) is 0.417. The van der Waals surface area contributed by atoms with Crippen molar-refractivity contribution in [3.8, 4) is 0 Å². The Morgan fingerprint density at radius 2 is 2.12 bits per heavy atom. The van der Waals surface area contributed by atoms with Crippen LogP contribution >= 0.6 is 0 Å². The van der Waals surface area contributed by atoms with Gasteiger partial charge in [0.25, 0.3) is 0 Å². The molecule has 16 heavy (non-hydrogen) atoms. The Bertz CT molecular complexity index is 514. The number of hydrogen-bond acceptors (Lipinski definition) is 3. The van der Waals surface area contributed by atoms with Crippen molar-refractivity contribution in [3.63, 3.8) is 0 Å². The Labute approximate surface area is 94.1 Å². The highest BCUT2D eigenvalue weighted by atomic mass is 16.3. The maximum atomic E-state index is 9.01. The molecule has 1 aliphatic heterocycles. The number of fused-ring (bicyclic) bond motifs is 1. The van der Waals surface area contributed by atoms with Gasteiger partial charge in [0.1, 0.15) is 0 Å². The molecule has 0 spiro atoms. The van der Waals surface area contributed by atoms with Crippen molar-refractivity contribution in [2.75, 3.05) is 24.6 Å². The second kappa shape index (κ2) is 3.49. The number of rotatable bonds is 2. The summed E-state index contributed by atoms with van der Waals surface area (Å²) in [6.07, 6.45) is 0. The minimum Gasteiger partial charge on any atom is -0.396 e. The molecular weight excluding hydrogens is 202 g/mol. The number of aromatic nitrogens is 2. The normalized spacial score (nSPS) is 16.8. The first-order chi connectivity index (χ1) is 7.79. The minimum absolute atomic E-state index is 0.278. The summed E-state index contributed by atoms with van der Waals surface area (Å²) in [6, 6.07) is 8.14. The van der Waals surface area contributed by atoms with Crippen LogP contribution in [0.15, 0.2) is 24.3 Å². The lowest BCUT2D eigenvalue weighted by molar-refractivity contribution is 0.199. The number of benzene rings is 1. The van der Waals surface area contributed by atoms with Crippen molar-refractivity contribution >= 4 is 17.0 Å².